The molecule has 0 spiro atoms. The Morgan fingerprint density at radius 1 is 0.842 bits per heavy atom. The van der Waals surface area contributed by atoms with E-state index in [0.717, 1.165) is 6.26 Å². The molecule has 19 heavy (non-hydrogen) atoms. The number of hydrogen-bond donors (Lipinski definition) is 0. The van der Waals surface area contributed by atoms with Crippen LogP contribution in [-0.4, -0.2) is 14.7 Å². The van der Waals surface area contributed by atoms with Crippen LogP contribution in [-0.2, 0) is 9.84 Å². The maximum atomic E-state index is 11.8. The lowest BCUT2D eigenvalue weighted by Gasteiger charge is -2.10. The maximum Gasteiger partial charge on any atom is 0.176 e. The molecule has 2 rings (SSSR count). The Bertz CT molecular complexity index is 740. The Hall–Kier alpha value is -0.740. The predicted octanol–water partition coefficient (Wildman–Crippen LogP) is 4.72. The highest BCUT2D eigenvalue weighted by molar-refractivity contribution is 7.90. The smallest absolute Gasteiger partial charge is 0.176 e. The molecule has 6 heteroatoms. The van der Waals surface area contributed by atoms with Crippen molar-refractivity contribution in [2.24, 2.45) is 0 Å². The molecule has 0 aliphatic carbocycles. The zero-order valence-electron chi connectivity index (χ0n) is 9.82. The zero-order valence-corrected chi connectivity index (χ0v) is 12.9. The highest BCUT2D eigenvalue weighted by Crippen LogP contribution is 2.35. The van der Waals surface area contributed by atoms with Gasteiger partial charge in [-0.25, -0.2) is 8.42 Å². The third-order valence-electron chi connectivity index (χ3n) is 2.56. The van der Waals surface area contributed by atoms with E-state index in [9.17, 15) is 8.42 Å². The molecule has 0 saturated carbocycles. The Morgan fingerprint density at radius 3 is 2.05 bits per heavy atom. The number of hydrogen-bond acceptors (Lipinski definition) is 2. The first kappa shape index (κ1) is 14.7. The maximum absolute atomic E-state index is 11.8. The molecule has 2 aromatic carbocycles. The molecule has 2 aromatic rings. The molecule has 0 heterocycles. The highest BCUT2D eigenvalue weighted by atomic mass is 35.5. The number of sulfone groups is 1. The second kappa shape index (κ2) is 5.33. The Balaban J connectivity index is 2.79. The molecule has 0 atom stereocenters. The molecule has 0 amide bonds. The van der Waals surface area contributed by atoms with E-state index in [1.165, 1.54) is 6.07 Å². The molecule has 0 saturated heterocycles. The first-order chi connectivity index (χ1) is 8.79. The summed E-state index contributed by atoms with van der Waals surface area (Å²) in [5.74, 6) is 0. The predicted molar refractivity (Wildman–Crippen MR) is 80.0 cm³/mol. The SMILES string of the molecule is CS(=O)(=O)c1cc(Cl)ccc1-c1cc(Cl)ccc1Cl. The van der Waals surface area contributed by atoms with E-state index >= 15 is 0 Å². The van der Waals surface area contributed by atoms with Crippen molar-refractivity contribution in [1.29, 1.82) is 0 Å². The van der Waals surface area contributed by atoms with Crippen molar-refractivity contribution in [2.45, 2.75) is 4.90 Å². The van der Waals surface area contributed by atoms with Crippen LogP contribution in [0.25, 0.3) is 11.1 Å². The van der Waals surface area contributed by atoms with Crippen molar-refractivity contribution < 1.29 is 8.42 Å². The zero-order chi connectivity index (χ0) is 14.2. The summed E-state index contributed by atoms with van der Waals surface area (Å²) in [6, 6.07) is 9.54. The summed E-state index contributed by atoms with van der Waals surface area (Å²) in [6.07, 6.45) is 1.13. The van der Waals surface area contributed by atoms with E-state index in [1.54, 1.807) is 30.3 Å². The normalized spacial score (nSPS) is 11.6. The van der Waals surface area contributed by atoms with Crippen molar-refractivity contribution in [2.75, 3.05) is 6.26 Å². The van der Waals surface area contributed by atoms with E-state index in [1.807, 2.05) is 0 Å². The minimum Gasteiger partial charge on any atom is -0.224 e. The summed E-state index contributed by atoms with van der Waals surface area (Å²) in [6.45, 7) is 0. The topological polar surface area (TPSA) is 34.1 Å². The molecule has 0 N–H and O–H groups in total. The molecule has 2 nitrogen and oxygen atoms in total. The molecule has 0 unspecified atom stereocenters. The molecule has 0 aliphatic rings. The number of halogens is 3. The fraction of sp³-hybridized carbons (Fsp3) is 0.0769. The highest BCUT2D eigenvalue weighted by Gasteiger charge is 2.17. The van der Waals surface area contributed by atoms with Gasteiger partial charge in [0.1, 0.15) is 0 Å². The van der Waals surface area contributed by atoms with Crippen molar-refractivity contribution in [3.8, 4) is 11.1 Å². The average molecular weight is 336 g/mol. The summed E-state index contributed by atoms with van der Waals surface area (Å²) in [5, 5.41) is 1.26. The molecular formula is C13H9Cl3O2S. The number of rotatable bonds is 2. The van der Waals surface area contributed by atoms with Crippen LogP contribution in [0.2, 0.25) is 15.1 Å². The van der Waals surface area contributed by atoms with Crippen molar-refractivity contribution >= 4 is 44.6 Å². The summed E-state index contributed by atoms with van der Waals surface area (Å²) >= 11 is 17.9. The first-order valence-corrected chi connectivity index (χ1v) is 8.26. The van der Waals surface area contributed by atoms with Gasteiger partial charge in [-0.1, -0.05) is 40.9 Å². The van der Waals surface area contributed by atoms with Crippen molar-refractivity contribution in [3.63, 3.8) is 0 Å². The van der Waals surface area contributed by atoms with Gasteiger partial charge < -0.3 is 0 Å². The molecule has 0 aliphatic heterocycles. The molecule has 0 fully saturated rings. The van der Waals surface area contributed by atoms with Gasteiger partial charge in [-0.2, -0.15) is 0 Å². The standard InChI is InChI=1S/C13H9Cl3O2S/c1-19(17,18)13-7-9(15)2-4-10(13)11-6-8(14)3-5-12(11)16/h2-7H,1H3. The summed E-state index contributed by atoms with van der Waals surface area (Å²) in [5.41, 5.74) is 1.05. The van der Waals surface area contributed by atoms with Crippen LogP contribution in [0.1, 0.15) is 0 Å². The van der Waals surface area contributed by atoms with E-state index in [2.05, 4.69) is 0 Å². The van der Waals surface area contributed by atoms with Crippen LogP contribution in [0.15, 0.2) is 41.3 Å². The van der Waals surface area contributed by atoms with Gasteiger partial charge in [-0.15, -0.1) is 0 Å². The molecule has 100 valence electrons. The lowest BCUT2D eigenvalue weighted by Crippen LogP contribution is -2.00. The van der Waals surface area contributed by atoms with Crippen LogP contribution in [0, 0.1) is 0 Å². The minimum atomic E-state index is -3.42. The Kier molecular flexibility index (Phi) is 4.11. The number of benzene rings is 2. The van der Waals surface area contributed by atoms with E-state index in [4.69, 9.17) is 34.8 Å². The second-order valence-corrected chi connectivity index (χ2v) is 7.30. The van der Waals surface area contributed by atoms with Crippen LogP contribution in [0.5, 0.6) is 0 Å². The van der Waals surface area contributed by atoms with Crippen LogP contribution >= 0.6 is 34.8 Å². The summed E-state index contributed by atoms with van der Waals surface area (Å²) < 4.78 is 23.7. The van der Waals surface area contributed by atoms with Gasteiger partial charge >= 0.3 is 0 Å². The Labute approximate surface area is 126 Å². The van der Waals surface area contributed by atoms with E-state index < -0.39 is 9.84 Å². The minimum absolute atomic E-state index is 0.129. The van der Waals surface area contributed by atoms with Gasteiger partial charge in [0.25, 0.3) is 0 Å². The third-order valence-corrected chi connectivity index (χ3v) is 4.50. The van der Waals surface area contributed by atoms with Crippen molar-refractivity contribution in [3.05, 3.63) is 51.5 Å². The van der Waals surface area contributed by atoms with E-state index in [-0.39, 0.29) is 4.90 Å². The fourth-order valence-corrected chi connectivity index (χ4v) is 3.28. The van der Waals surface area contributed by atoms with Gasteiger partial charge in [-0.05, 0) is 30.3 Å². The quantitative estimate of drug-likeness (QED) is 0.796. The van der Waals surface area contributed by atoms with Gasteiger partial charge in [0.05, 0.1) is 4.90 Å². The van der Waals surface area contributed by atoms with Crippen LogP contribution in [0.3, 0.4) is 0 Å². The monoisotopic (exact) mass is 334 g/mol. The molecule has 0 bridgehead atoms. The average Bonchev–Trinajstić information content (AvgIpc) is 2.31. The summed E-state index contributed by atoms with van der Waals surface area (Å²) in [4.78, 5) is 0.129. The van der Waals surface area contributed by atoms with E-state index in [0.29, 0.717) is 26.2 Å². The molecule has 0 aromatic heterocycles. The fourth-order valence-electron chi connectivity index (χ4n) is 1.73. The third kappa shape index (κ3) is 3.23. The Morgan fingerprint density at radius 2 is 1.42 bits per heavy atom. The van der Waals surface area contributed by atoms with Gasteiger partial charge in [0.15, 0.2) is 9.84 Å². The first-order valence-electron chi connectivity index (χ1n) is 5.24. The lowest BCUT2D eigenvalue weighted by molar-refractivity contribution is 0.602. The van der Waals surface area contributed by atoms with Crippen LogP contribution in [0.4, 0.5) is 0 Å². The van der Waals surface area contributed by atoms with Gasteiger partial charge in [0.2, 0.25) is 0 Å². The molecular weight excluding hydrogens is 327 g/mol. The molecule has 0 radical (unpaired) electrons. The van der Waals surface area contributed by atoms with Gasteiger partial charge in [0, 0.05) is 32.5 Å². The lowest BCUT2D eigenvalue weighted by atomic mass is 10.1. The largest absolute Gasteiger partial charge is 0.224 e. The van der Waals surface area contributed by atoms with Crippen molar-refractivity contribution in [1.82, 2.24) is 0 Å². The van der Waals surface area contributed by atoms with Crippen LogP contribution < -0.4 is 0 Å². The van der Waals surface area contributed by atoms with Gasteiger partial charge in [-0.3, -0.25) is 0 Å². The second-order valence-electron chi connectivity index (χ2n) is 4.04. The summed E-state index contributed by atoms with van der Waals surface area (Å²) in [7, 11) is -3.42.